The Kier molecular flexibility index (Phi) is 6.16. The van der Waals surface area contributed by atoms with E-state index in [-0.39, 0.29) is 18.4 Å². The van der Waals surface area contributed by atoms with E-state index >= 15 is 0 Å². The van der Waals surface area contributed by atoms with Gasteiger partial charge in [-0.2, -0.15) is 0 Å². The van der Waals surface area contributed by atoms with Gasteiger partial charge in [0.25, 0.3) is 0 Å². The van der Waals surface area contributed by atoms with Crippen molar-refractivity contribution in [2.75, 3.05) is 18.5 Å². The lowest BCUT2D eigenvalue weighted by atomic mass is 10.1. The van der Waals surface area contributed by atoms with Crippen LogP contribution in [-0.4, -0.2) is 25.0 Å². The summed E-state index contributed by atoms with van der Waals surface area (Å²) >= 11 is 6.00. The molecule has 2 aromatic rings. The van der Waals surface area contributed by atoms with E-state index < -0.39 is 0 Å². The molecule has 3 rings (SSSR count). The van der Waals surface area contributed by atoms with Crippen LogP contribution in [0.15, 0.2) is 54.1 Å². The summed E-state index contributed by atoms with van der Waals surface area (Å²) in [4.78, 5) is 24.1. The number of hydrogen-bond donors (Lipinski definition) is 2. The van der Waals surface area contributed by atoms with E-state index in [4.69, 9.17) is 16.3 Å². The minimum absolute atomic E-state index is 0.106. The highest BCUT2D eigenvalue weighted by Crippen LogP contribution is 2.29. The SMILES string of the molecule is Cc1cccc(C)c1NC(=O)CNC(=O)/C=C/C1=Cc2cc(Cl)ccc2OC1. The predicted molar refractivity (Wildman–Crippen MR) is 112 cm³/mol. The van der Waals surface area contributed by atoms with Gasteiger partial charge in [-0.05, 0) is 54.8 Å². The molecule has 0 saturated heterocycles. The van der Waals surface area contributed by atoms with Crippen LogP contribution in [0.1, 0.15) is 16.7 Å². The Bertz CT molecular complexity index is 959. The lowest BCUT2D eigenvalue weighted by Gasteiger charge is -2.16. The molecule has 2 N–H and O–H groups in total. The third-order valence-corrected chi connectivity index (χ3v) is 4.56. The second kappa shape index (κ2) is 8.76. The molecule has 0 aliphatic carbocycles. The molecule has 0 spiro atoms. The van der Waals surface area contributed by atoms with Crippen molar-refractivity contribution in [2.45, 2.75) is 13.8 Å². The van der Waals surface area contributed by atoms with Gasteiger partial charge in [0.05, 0.1) is 6.54 Å². The van der Waals surface area contributed by atoms with Gasteiger partial charge in [0.15, 0.2) is 0 Å². The topological polar surface area (TPSA) is 67.4 Å². The van der Waals surface area contributed by atoms with Crippen LogP contribution >= 0.6 is 11.6 Å². The van der Waals surface area contributed by atoms with Crippen LogP contribution < -0.4 is 15.4 Å². The van der Waals surface area contributed by atoms with Gasteiger partial charge in [-0.3, -0.25) is 9.59 Å². The van der Waals surface area contributed by atoms with Crippen LogP contribution in [0.2, 0.25) is 5.02 Å². The summed E-state index contributed by atoms with van der Waals surface area (Å²) in [7, 11) is 0. The number of benzene rings is 2. The molecule has 0 saturated carbocycles. The van der Waals surface area contributed by atoms with Crippen molar-refractivity contribution < 1.29 is 14.3 Å². The van der Waals surface area contributed by atoms with Crippen molar-refractivity contribution in [3.05, 3.63) is 75.8 Å². The van der Waals surface area contributed by atoms with E-state index in [2.05, 4.69) is 10.6 Å². The molecule has 144 valence electrons. The maximum atomic E-state index is 12.1. The third-order valence-electron chi connectivity index (χ3n) is 4.32. The van der Waals surface area contributed by atoms with Crippen LogP contribution in [0.5, 0.6) is 5.75 Å². The Morgan fingerprint density at radius 1 is 1.18 bits per heavy atom. The van der Waals surface area contributed by atoms with Gasteiger partial charge in [-0.25, -0.2) is 0 Å². The maximum Gasteiger partial charge on any atom is 0.244 e. The minimum atomic E-state index is -0.352. The van der Waals surface area contributed by atoms with E-state index in [0.717, 1.165) is 33.7 Å². The van der Waals surface area contributed by atoms with E-state index in [1.807, 2.05) is 50.3 Å². The van der Waals surface area contributed by atoms with E-state index in [1.165, 1.54) is 6.08 Å². The first kappa shape index (κ1) is 19.7. The number of halogens is 1. The van der Waals surface area contributed by atoms with Gasteiger partial charge in [0.1, 0.15) is 12.4 Å². The molecule has 0 unspecified atom stereocenters. The monoisotopic (exact) mass is 396 g/mol. The quantitative estimate of drug-likeness (QED) is 0.749. The Hall–Kier alpha value is -3.05. The Labute approximate surface area is 169 Å². The molecule has 0 aromatic heterocycles. The molecule has 6 heteroatoms. The smallest absolute Gasteiger partial charge is 0.244 e. The molecule has 0 fully saturated rings. The number of carbonyl (C=O) groups is 2. The summed E-state index contributed by atoms with van der Waals surface area (Å²) in [5.74, 6) is 0.131. The Morgan fingerprint density at radius 2 is 1.93 bits per heavy atom. The largest absolute Gasteiger partial charge is 0.488 e. The minimum Gasteiger partial charge on any atom is -0.488 e. The molecule has 1 aliphatic rings. The van der Waals surface area contributed by atoms with Crippen molar-refractivity contribution in [2.24, 2.45) is 0 Å². The zero-order valence-electron chi connectivity index (χ0n) is 15.7. The van der Waals surface area contributed by atoms with E-state index in [1.54, 1.807) is 12.1 Å². The second-order valence-electron chi connectivity index (χ2n) is 6.56. The Morgan fingerprint density at radius 3 is 2.68 bits per heavy atom. The first-order valence-electron chi connectivity index (χ1n) is 8.87. The van der Waals surface area contributed by atoms with Gasteiger partial charge in [0, 0.05) is 22.3 Å². The van der Waals surface area contributed by atoms with Crippen molar-refractivity contribution in [1.29, 1.82) is 0 Å². The molecule has 0 bridgehead atoms. The summed E-state index contributed by atoms with van der Waals surface area (Å²) in [6, 6.07) is 11.2. The number of para-hydroxylation sites is 1. The average molecular weight is 397 g/mol. The third kappa shape index (κ3) is 5.02. The second-order valence-corrected chi connectivity index (χ2v) is 6.99. The number of rotatable bonds is 5. The Balaban J connectivity index is 1.54. The number of carbonyl (C=O) groups excluding carboxylic acids is 2. The van der Waals surface area contributed by atoms with E-state index in [0.29, 0.717) is 11.6 Å². The molecular formula is C22H21ClN2O3. The summed E-state index contributed by atoms with van der Waals surface area (Å²) in [6.07, 6.45) is 4.97. The molecule has 1 heterocycles. The first-order chi connectivity index (χ1) is 13.4. The number of amides is 2. The highest BCUT2D eigenvalue weighted by atomic mass is 35.5. The molecule has 2 amide bonds. The highest BCUT2D eigenvalue weighted by molar-refractivity contribution is 6.30. The fourth-order valence-corrected chi connectivity index (χ4v) is 3.05. The summed E-state index contributed by atoms with van der Waals surface area (Å²) < 4.78 is 5.64. The predicted octanol–water partition coefficient (Wildman–Crippen LogP) is 4.04. The molecule has 5 nitrogen and oxygen atoms in total. The molecule has 1 aliphatic heterocycles. The number of hydrogen-bond acceptors (Lipinski definition) is 3. The van der Waals surface area contributed by atoms with Gasteiger partial charge in [0.2, 0.25) is 11.8 Å². The average Bonchev–Trinajstić information content (AvgIpc) is 2.67. The van der Waals surface area contributed by atoms with Crippen LogP contribution in [0, 0.1) is 13.8 Å². The number of nitrogens with one attached hydrogen (secondary N) is 2. The van der Waals surface area contributed by atoms with Crippen molar-refractivity contribution in [1.82, 2.24) is 5.32 Å². The van der Waals surface area contributed by atoms with Crippen molar-refractivity contribution >= 4 is 35.2 Å². The molecule has 28 heavy (non-hydrogen) atoms. The number of ether oxygens (including phenoxy) is 1. The zero-order chi connectivity index (χ0) is 20.1. The molecule has 0 atom stereocenters. The van der Waals surface area contributed by atoms with Gasteiger partial charge in [-0.1, -0.05) is 35.9 Å². The first-order valence-corrected chi connectivity index (χ1v) is 9.25. The fourth-order valence-electron chi connectivity index (χ4n) is 2.87. The van der Waals surface area contributed by atoms with Crippen LogP contribution in [0.25, 0.3) is 6.08 Å². The number of aryl methyl sites for hydroxylation is 2. The van der Waals surface area contributed by atoms with Crippen molar-refractivity contribution in [3.63, 3.8) is 0 Å². The van der Waals surface area contributed by atoms with E-state index in [9.17, 15) is 9.59 Å². The maximum absolute atomic E-state index is 12.1. The molecular weight excluding hydrogens is 376 g/mol. The zero-order valence-corrected chi connectivity index (χ0v) is 16.5. The van der Waals surface area contributed by atoms with Crippen LogP contribution in [-0.2, 0) is 9.59 Å². The molecule has 0 radical (unpaired) electrons. The van der Waals surface area contributed by atoms with Gasteiger partial charge >= 0.3 is 0 Å². The summed E-state index contributed by atoms with van der Waals surface area (Å²) in [5, 5.41) is 6.04. The van der Waals surface area contributed by atoms with Crippen molar-refractivity contribution in [3.8, 4) is 5.75 Å². The summed E-state index contributed by atoms with van der Waals surface area (Å²) in [6.45, 7) is 4.11. The fraction of sp³-hybridized carbons (Fsp3) is 0.182. The standard InChI is InChI=1S/C22H21ClN2O3/c1-14-4-3-5-15(2)22(14)25-21(27)12-24-20(26)9-6-16-10-17-11-18(23)7-8-19(17)28-13-16/h3-11H,12-13H2,1-2H3,(H,24,26)(H,25,27)/b9-6+. The van der Waals surface area contributed by atoms with Crippen LogP contribution in [0.4, 0.5) is 5.69 Å². The van der Waals surface area contributed by atoms with Crippen LogP contribution in [0.3, 0.4) is 0 Å². The molecule has 2 aromatic carbocycles. The number of anilines is 1. The highest BCUT2D eigenvalue weighted by Gasteiger charge is 2.11. The normalized spacial score (nSPS) is 12.8. The van der Waals surface area contributed by atoms with Gasteiger partial charge < -0.3 is 15.4 Å². The lowest BCUT2D eigenvalue weighted by Crippen LogP contribution is -2.32. The van der Waals surface area contributed by atoms with Gasteiger partial charge in [-0.15, -0.1) is 0 Å². The lowest BCUT2D eigenvalue weighted by molar-refractivity contribution is -0.121. The summed E-state index contributed by atoms with van der Waals surface area (Å²) in [5.41, 5.74) is 4.43. The number of fused-ring (bicyclic) bond motifs is 1.